The monoisotopic (exact) mass is 342 g/mol. The number of rotatable bonds is 4. The van der Waals surface area contributed by atoms with Gasteiger partial charge in [0.2, 0.25) is 0 Å². The highest BCUT2D eigenvalue weighted by atomic mass is 16.7. The fourth-order valence-electron chi connectivity index (χ4n) is 2.55. The van der Waals surface area contributed by atoms with Crippen molar-refractivity contribution < 1.29 is 55.1 Å². The average Bonchev–Trinajstić information content (AvgIpc) is 2.54. The molecule has 0 radical (unpaired) electrons. The molecule has 0 aromatic carbocycles. The van der Waals surface area contributed by atoms with Gasteiger partial charge in [0, 0.05) is 0 Å². The maximum absolute atomic E-state index is 9.94. The zero-order valence-corrected chi connectivity index (χ0v) is 12.0. The molecule has 0 saturated carbocycles. The first-order valence-electron chi connectivity index (χ1n) is 7.08. The van der Waals surface area contributed by atoms with Crippen molar-refractivity contribution in [2.75, 3.05) is 13.2 Å². The maximum atomic E-state index is 9.94. The zero-order chi connectivity index (χ0) is 17.3. The Morgan fingerprint density at radius 3 is 1.74 bits per heavy atom. The molecule has 0 bridgehead atoms. The Kier molecular flexibility index (Phi) is 6.27. The van der Waals surface area contributed by atoms with Crippen molar-refractivity contribution in [3.05, 3.63) is 0 Å². The lowest BCUT2D eigenvalue weighted by Gasteiger charge is -2.44. The fraction of sp³-hybridized carbons (Fsp3) is 1.00. The van der Waals surface area contributed by atoms with Crippen molar-refractivity contribution in [2.45, 2.75) is 61.4 Å². The van der Waals surface area contributed by atoms with E-state index in [1.165, 1.54) is 0 Å². The van der Waals surface area contributed by atoms with Gasteiger partial charge in [-0.05, 0) is 0 Å². The van der Waals surface area contributed by atoms with E-state index < -0.39 is 74.6 Å². The van der Waals surface area contributed by atoms with Crippen LogP contribution < -0.4 is 0 Å². The van der Waals surface area contributed by atoms with E-state index in [2.05, 4.69) is 0 Å². The topological polar surface area (TPSA) is 190 Å². The van der Waals surface area contributed by atoms with Crippen LogP contribution in [0.15, 0.2) is 0 Å². The SMILES string of the molecule is OC[C@@H]1O[C@@H](O)[C@H](O[C@H]2O[C@@H](CO)[C@@H](O)[C@H](O)[C@H]2O)[C@@H](O)[C@H]1O. The Balaban J connectivity index is 2.08. The van der Waals surface area contributed by atoms with Crippen LogP contribution in [0.1, 0.15) is 0 Å². The Morgan fingerprint density at radius 2 is 1.17 bits per heavy atom. The van der Waals surface area contributed by atoms with E-state index in [0.29, 0.717) is 0 Å². The third kappa shape index (κ3) is 3.65. The second-order valence-corrected chi connectivity index (χ2v) is 5.53. The standard InChI is InChI=1S/C12H22O11/c13-1-3-6(16)8(18)10(11(20)21-3)23-12-9(19)7(17)5(15)4(2-14)22-12/h3-20H,1-2H2/t3-,4-,5+,6-,7-,8-,9+,10+,11+,12+/m0/s1. The smallest absolute Gasteiger partial charge is 0.187 e. The van der Waals surface area contributed by atoms with E-state index in [4.69, 9.17) is 24.4 Å². The van der Waals surface area contributed by atoms with Crippen LogP contribution in [0.4, 0.5) is 0 Å². The second-order valence-electron chi connectivity index (χ2n) is 5.53. The molecule has 0 unspecified atom stereocenters. The normalized spacial score (nSPS) is 51.7. The molecular weight excluding hydrogens is 320 g/mol. The highest BCUT2D eigenvalue weighted by Gasteiger charge is 2.50. The number of ether oxygens (including phenoxy) is 3. The molecule has 2 heterocycles. The van der Waals surface area contributed by atoms with Crippen molar-refractivity contribution in [1.82, 2.24) is 0 Å². The summed E-state index contributed by atoms with van der Waals surface area (Å²) in [4.78, 5) is 0. The van der Waals surface area contributed by atoms with Crippen LogP contribution in [-0.2, 0) is 14.2 Å². The van der Waals surface area contributed by atoms with Gasteiger partial charge in [0.05, 0.1) is 13.2 Å². The van der Waals surface area contributed by atoms with Gasteiger partial charge < -0.3 is 55.1 Å². The lowest BCUT2D eigenvalue weighted by molar-refractivity contribution is -0.361. The van der Waals surface area contributed by atoms with Gasteiger partial charge in [0.25, 0.3) is 0 Å². The molecule has 0 aliphatic carbocycles. The summed E-state index contributed by atoms with van der Waals surface area (Å²) < 4.78 is 15.1. The second kappa shape index (κ2) is 7.63. The van der Waals surface area contributed by atoms with Gasteiger partial charge in [0.1, 0.15) is 48.8 Å². The van der Waals surface area contributed by atoms with Crippen LogP contribution in [0, 0.1) is 0 Å². The Labute approximate surface area is 130 Å². The van der Waals surface area contributed by atoms with Crippen molar-refractivity contribution in [2.24, 2.45) is 0 Å². The first-order valence-corrected chi connectivity index (χ1v) is 7.08. The highest BCUT2D eigenvalue weighted by molar-refractivity contribution is 4.93. The summed E-state index contributed by atoms with van der Waals surface area (Å²) in [6.07, 6.45) is -15.6. The van der Waals surface area contributed by atoms with Gasteiger partial charge in [-0.15, -0.1) is 0 Å². The van der Waals surface area contributed by atoms with E-state index in [0.717, 1.165) is 0 Å². The van der Waals surface area contributed by atoms with Crippen molar-refractivity contribution in [3.63, 3.8) is 0 Å². The molecule has 10 atom stereocenters. The predicted octanol–water partition coefficient (Wildman–Crippen LogP) is -5.40. The van der Waals surface area contributed by atoms with Crippen LogP contribution >= 0.6 is 0 Å². The van der Waals surface area contributed by atoms with Crippen LogP contribution in [0.2, 0.25) is 0 Å². The summed E-state index contributed by atoms with van der Waals surface area (Å²) in [6.45, 7) is -1.33. The maximum Gasteiger partial charge on any atom is 0.187 e. The molecule has 2 fully saturated rings. The van der Waals surface area contributed by atoms with Gasteiger partial charge in [-0.3, -0.25) is 0 Å². The summed E-state index contributed by atoms with van der Waals surface area (Å²) in [5.74, 6) is 0. The molecule has 11 heteroatoms. The first kappa shape index (κ1) is 18.9. The summed E-state index contributed by atoms with van der Waals surface area (Å²) in [5, 5.41) is 76.7. The first-order chi connectivity index (χ1) is 10.8. The fourth-order valence-corrected chi connectivity index (χ4v) is 2.55. The number of hydrogen-bond donors (Lipinski definition) is 8. The van der Waals surface area contributed by atoms with E-state index in [1.54, 1.807) is 0 Å². The predicted molar refractivity (Wildman–Crippen MR) is 68.6 cm³/mol. The van der Waals surface area contributed by atoms with Crippen molar-refractivity contribution in [1.29, 1.82) is 0 Å². The Bertz CT molecular complexity index is 380. The third-order valence-electron chi connectivity index (χ3n) is 3.98. The quantitative estimate of drug-likeness (QED) is 0.243. The largest absolute Gasteiger partial charge is 0.394 e. The van der Waals surface area contributed by atoms with E-state index in [1.807, 2.05) is 0 Å². The highest BCUT2D eigenvalue weighted by Crippen LogP contribution is 2.28. The molecule has 8 N–H and O–H groups in total. The number of hydrogen-bond acceptors (Lipinski definition) is 11. The zero-order valence-electron chi connectivity index (χ0n) is 12.0. The molecule has 23 heavy (non-hydrogen) atoms. The van der Waals surface area contributed by atoms with Crippen molar-refractivity contribution in [3.8, 4) is 0 Å². The van der Waals surface area contributed by atoms with Gasteiger partial charge in [-0.25, -0.2) is 0 Å². The van der Waals surface area contributed by atoms with Gasteiger partial charge in [0.15, 0.2) is 12.6 Å². The molecule has 0 aromatic heterocycles. The minimum absolute atomic E-state index is 0.651. The molecule has 2 aliphatic heterocycles. The lowest BCUT2D eigenvalue weighted by atomic mass is 9.97. The van der Waals surface area contributed by atoms with Gasteiger partial charge in [-0.1, -0.05) is 0 Å². The average molecular weight is 342 g/mol. The van der Waals surface area contributed by atoms with Crippen LogP contribution in [0.5, 0.6) is 0 Å². The minimum atomic E-state index is -1.75. The van der Waals surface area contributed by atoms with E-state index in [9.17, 15) is 30.6 Å². The summed E-state index contributed by atoms with van der Waals surface area (Å²) in [6, 6.07) is 0. The third-order valence-corrected chi connectivity index (χ3v) is 3.98. The Hall–Kier alpha value is -0.440. The molecule has 2 saturated heterocycles. The number of aliphatic hydroxyl groups excluding tert-OH is 8. The van der Waals surface area contributed by atoms with Gasteiger partial charge >= 0.3 is 0 Å². The van der Waals surface area contributed by atoms with Crippen molar-refractivity contribution >= 4 is 0 Å². The minimum Gasteiger partial charge on any atom is -0.394 e. The van der Waals surface area contributed by atoms with Crippen LogP contribution in [0.25, 0.3) is 0 Å². The molecule has 0 spiro atoms. The molecule has 2 aliphatic rings. The van der Waals surface area contributed by atoms with Crippen LogP contribution in [-0.4, -0.2) is 115 Å². The van der Waals surface area contributed by atoms with E-state index >= 15 is 0 Å². The molecule has 136 valence electrons. The summed E-state index contributed by atoms with van der Waals surface area (Å²) in [5.41, 5.74) is 0. The summed E-state index contributed by atoms with van der Waals surface area (Å²) >= 11 is 0. The summed E-state index contributed by atoms with van der Waals surface area (Å²) in [7, 11) is 0. The molecule has 0 amide bonds. The molecule has 11 nitrogen and oxygen atoms in total. The molecular formula is C12H22O11. The molecule has 0 aromatic rings. The van der Waals surface area contributed by atoms with Gasteiger partial charge in [-0.2, -0.15) is 0 Å². The van der Waals surface area contributed by atoms with Crippen LogP contribution in [0.3, 0.4) is 0 Å². The molecule has 2 rings (SSSR count). The Morgan fingerprint density at radius 1 is 0.652 bits per heavy atom. The lowest BCUT2D eigenvalue weighted by Crippen LogP contribution is -2.64. The van der Waals surface area contributed by atoms with E-state index in [-0.39, 0.29) is 0 Å². The number of aliphatic hydroxyl groups is 8.